The Hall–Kier alpha value is -1.20. The first kappa shape index (κ1) is 21.1. The monoisotopic (exact) mass is 391 g/mol. The topological polar surface area (TPSA) is 49.7 Å². The molecule has 0 saturated heterocycles. The number of benzene rings is 1. The zero-order valence-corrected chi connectivity index (χ0v) is 18.4. The highest BCUT2D eigenvalue weighted by Gasteiger charge is 2.27. The molecule has 142 valence electrons. The Morgan fingerprint density at radius 3 is 2.12 bits per heavy atom. The van der Waals surface area contributed by atoms with Crippen LogP contribution in [0.4, 0.5) is 0 Å². The molecular weight excluding hydrogens is 362 g/mol. The number of hydrogen-bond acceptors (Lipinski definition) is 5. The van der Waals surface area contributed by atoms with Crippen LogP contribution in [0.5, 0.6) is 5.75 Å². The minimum Gasteiger partial charge on any atom is -0.507 e. The van der Waals surface area contributed by atoms with E-state index in [-0.39, 0.29) is 15.9 Å². The summed E-state index contributed by atoms with van der Waals surface area (Å²) in [5.74, 6) is 1.32. The largest absolute Gasteiger partial charge is 0.507 e. The number of phenolic OH excluding ortho intramolecular Hbond substituents is 1. The van der Waals surface area contributed by atoms with Crippen molar-refractivity contribution >= 4 is 39.1 Å². The first-order valence-electron chi connectivity index (χ1n) is 8.97. The number of hydrogen-bond donors (Lipinski definition) is 1. The van der Waals surface area contributed by atoms with E-state index in [1.165, 1.54) is 11.8 Å². The summed E-state index contributed by atoms with van der Waals surface area (Å²) < 4.78 is 0.828. The number of aliphatic imine (C=N–C) groups is 1. The van der Waals surface area contributed by atoms with Gasteiger partial charge in [-0.1, -0.05) is 60.2 Å². The molecule has 0 spiro atoms. The standard InChI is InChI=1S/C21H29NO2S2/c1-8-9-25-19-22-16(18(24)26-19)12-13-10-14(20(2,3)4)17(23)15(11-13)21(5,6)7/h10-12,23H,8-9H2,1-7H3/b16-12-. The number of aromatic hydroxyl groups is 1. The third kappa shape index (κ3) is 4.95. The summed E-state index contributed by atoms with van der Waals surface area (Å²) in [5.41, 5.74) is 2.78. The Kier molecular flexibility index (Phi) is 6.34. The van der Waals surface area contributed by atoms with Gasteiger partial charge < -0.3 is 5.11 Å². The highest BCUT2D eigenvalue weighted by Crippen LogP contribution is 2.40. The molecule has 2 rings (SSSR count). The van der Waals surface area contributed by atoms with Crippen molar-refractivity contribution in [3.8, 4) is 5.75 Å². The summed E-state index contributed by atoms with van der Waals surface area (Å²) in [6, 6.07) is 3.95. The number of carbonyl (C=O) groups is 1. The van der Waals surface area contributed by atoms with Crippen LogP contribution in [0.25, 0.3) is 6.08 Å². The molecule has 1 aromatic rings. The molecule has 0 saturated carbocycles. The Morgan fingerprint density at radius 2 is 1.65 bits per heavy atom. The summed E-state index contributed by atoms with van der Waals surface area (Å²) in [5, 5.41) is 10.8. The Labute approximate surface area is 165 Å². The zero-order chi connectivity index (χ0) is 19.7. The molecular formula is C21H29NO2S2. The summed E-state index contributed by atoms with van der Waals surface area (Å²) in [7, 11) is 0. The molecule has 26 heavy (non-hydrogen) atoms. The van der Waals surface area contributed by atoms with Gasteiger partial charge in [0.15, 0.2) is 0 Å². The summed E-state index contributed by atoms with van der Waals surface area (Å²) in [4.78, 5) is 16.8. The fraction of sp³-hybridized carbons (Fsp3) is 0.524. The molecule has 0 fully saturated rings. The van der Waals surface area contributed by atoms with Gasteiger partial charge in [-0.05, 0) is 58.5 Å². The number of thioether (sulfide) groups is 2. The highest BCUT2D eigenvalue weighted by molar-refractivity contribution is 8.45. The van der Waals surface area contributed by atoms with Crippen molar-refractivity contribution < 1.29 is 9.90 Å². The molecule has 1 N–H and O–H groups in total. The molecule has 3 nitrogen and oxygen atoms in total. The second-order valence-corrected chi connectivity index (χ2v) is 10.9. The van der Waals surface area contributed by atoms with E-state index in [9.17, 15) is 9.90 Å². The predicted octanol–water partition coefficient (Wildman–Crippen LogP) is 6.10. The first-order valence-corrected chi connectivity index (χ1v) is 10.8. The van der Waals surface area contributed by atoms with E-state index in [0.717, 1.165) is 33.2 Å². The highest BCUT2D eigenvalue weighted by atomic mass is 32.2. The SMILES string of the molecule is CCCSC1=N/C(=C\c2cc(C(C)(C)C)c(O)c(C(C)(C)C)c2)C(=O)S1. The maximum atomic E-state index is 12.3. The van der Waals surface area contributed by atoms with Gasteiger partial charge in [0.25, 0.3) is 0 Å². The third-order valence-electron chi connectivity index (χ3n) is 4.08. The molecule has 0 aliphatic carbocycles. The quantitative estimate of drug-likeness (QED) is 0.632. The van der Waals surface area contributed by atoms with Crippen LogP contribution in [0.1, 0.15) is 71.6 Å². The van der Waals surface area contributed by atoms with Crippen LogP contribution in [-0.2, 0) is 15.6 Å². The smallest absolute Gasteiger partial charge is 0.244 e. The van der Waals surface area contributed by atoms with Crippen molar-refractivity contribution in [3.63, 3.8) is 0 Å². The molecule has 0 radical (unpaired) electrons. The molecule has 0 aromatic heterocycles. The van der Waals surface area contributed by atoms with Crippen molar-refractivity contribution in [2.24, 2.45) is 4.99 Å². The van der Waals surface area contributed by atoms with Gasteiger partial charge in [-0.2, -0.15) is 0 Å². The maximum absolute atomic E-state index is 12.3. The van der Waals surface area contributed by atoms with Gasteiger partial charge in [0.05, 0.1) is 0 Å². The second-order valence-electron chi connectivity index (χ2n) is 8.61. The van der Waals surface area contributed by atoms with Crippen molar-refractivity contribution in [1.29, 1.82) is 0 Å². The molecule has 1 aromatic carbocycles. The minimum atomic E-state index is -0.196. The molecule has 0 atom stereocenters. The van der Waals surface area contributed by atoms with E-state index in [4.69, 9.17) is 0 Å². The lowest BCUT2D eigenvalue weighted by molar-refractivity contribution is -0.107. The molecule has 0 unspecified atom stereocenters. The van der Waals surface area contributed by atoms with Gasteiger partial charge >= 0.3 is 0 Å². The van der Waals surface area contributed by atoms with Crippen LogP contribution >= 0.6 is 23.5 Å². The lowest BCUT2D eigenvalue weighted by Crippen LogP contribution is -2.17. The maximum Gasteiger partial charge on any atom is 0.244 e. The fourth-order valence-corrected chi connectivity index (χ4v) is 4.45. The van der Waals surface area contributed by atoms with Gasteiger partial charge in [0, 0.05) is 11.1 Å². The summed E-state index contributed by atoms with van der Waals surface area (Å²) in [6.07, 6.45) is 2.90. The van der Waals surface area contributed by atoms with Crippen LogP contribution in [-0.4, -0.2) is 20.4 Å². The molecule has 5 heteroatoms. The number of nitrogens with zero attached hydrogens (tertiary/aromatic N) is 1. The molecule has 1 aliphatic rings. The van der Waals surface area contributed by atoms with Crippen molar-refractivity contribution in [2.75, 3.05) is 5.75 Å². The van der Waals surface area contributed by atoms with Crippen molar-refractivity contribution in [1.82, 2.24) is 0 Å². The van der Waals surface area contributed by atoms with E-state index < -0.39 is 0 Å². The van der Waals surface area contributed by atoms with E-state index in [1.54, 1.807) is 11.8 Å². The van der Waals surface area contributed by atoms with Gasteiger partial charge in [-0.15, -0.1) is 0 Å². The minimum absolute atomic E-state index is 0.00806. The fourth-order valence-electron chi connectivity index (χ4n) is 2.68. The number of rotatable bonds is 3. The van der Waals surface area contributed by atoms with E-state index in [2.05, 4.69) is 53.5 Å². The number of phenols is 1. The van der Waals surface area contributed by atoms with E-state index in [0.29, 0.717) is 11.4 Å². The first-order chi connectivity index (χ1) is 11.9. The zero-order valence-electron chi connectivity index (χ0n) is 16.8. The Morgan fingerprint density at radius 1 is 1.12 bits per heavy atom. The molecule has 1 heterocycles. The molecule has 0 amide bonds. The average Bonchev–Trinajstić information content (AvgIpc) is 2.84. The van der Waals surface area contributed by atoms with Crippen LogP contribution in [0.15, 0.2) is 22.8 Å². The second kappa shape index (κ2) is 7.81. The van der Waals surface area contributed by atoms with Crippen molar-refractivity contribution in [3.05, 3.63) is 34.5 Å². The van der Waals surface area contributed by atoms with Crippen LogP contribution < -0.4 is 0 Å². The van der Waals surface area contributed by atoms with Crippen LogP contribution in [0.2, 0.25) is 0 Å². The third-order valence-corrected chi connectivity index (χ3v) is 6.30. The normalized spacial score (nSPS) is 17.1. The van der Waals surface area contributed by atoms with E-state index >= 15 is 0 Å². The van der Waals surface area contributed by atoms with E-state index in [1.807, 2.05) is 18.2 Å². The predicted molar refractivity (Wildman–Crippen MR) is 116 cm³/mol. The Bertz CT molecular complexity index is 730. The van der Waals surface area contributed by atoms with Crippen LogP contribution in [0.3, 0.4) is 0 Å². The number of carbonyl (C=O) groups excluding carboxylic acids is 1. The summed E-state index contributed by atoms with van der Waals surface area (Å²) in [6.45, 7) is 14.6. The lowest BCUT2D eigenvalue weighted by atomic mass is 9.78. The van der Waals surface area contributed by atoms with Gasteiger partial charge in [-0.3, -0.25) is 4.79 Å². The average molecular weight is 392 g/mol. The molecule has 0 bridgehead atoms. The summed E-state index contributed by atoms with van der Waals surface area (Å²) >= 11 is 2.84. The van der Waals surface area contributed by atoms with Crippen LogP contribution in [0, 0.1) is 0 Å². The lowest BCUT2D eigenvalue weighted by Gasteiger charge is -2.27. The Balaban J connectivity index is 2.53. The van der Waals surface area contributed by atoms with Gasteiger partial charge in [0.2, 0.25) is 5.12 Å². The molecule has 1 aliphatic heterocycles. The van der Waals surface area contributed by atoms with Gasteiger partial charge in [-0.25, -0.2) is 4.99 Å². The van der Waals surface area contributed by atoms with Gasteiger partial charge in [0.1, 0.15) is 15.8 Å². The van der Waals surface area contributed by atoms with Crippen molar-refractivity contribution in [2.45, 2.75) is 65.7 Å².